The van der Waals surface area contributed by atoms with Gasteiger partial charge in [-0.15, -0.1) is 0 Å². The smallest absolute Gasteiger partial charge is 0.195 e. The monoisotopic (exact) mass is 244 g/mol. The highest BCUT2D eigenvalue weighted by Crippen LogP contribution is 2.30. The largest absolute Gasteiger partial charge is 0.439 e. The molecule has 1 heterocycles. The number of hydrogen-bond donors (Lipinski definition) is 1. The number of nitrogens with zero attached hydrogens (tertiary/aromatic N) is 1. The molecule has 5 heteroatoms. The first-order chi connectivity index (χ1) is 7.22. The minimum atomic E-state index is 0.529. The first kappa shape index (κ1) is 10.7. The maximum absolute atomic E-state index is 5.97. The summed E-state index contributed by atoms with van der Waals surface area (Å²) in [5.41, 5.74) is 6.58. The Morgan fingerprint density at radius 3 is 2.67 bits per heavy atom. The van der Waals surface area contributed by atoms with Crippen LogP contribution in [0.25, 0.3) is 11.1 Å². The topological polar surface area (TPSA) is 52.0 Å². The van der Waals surface area contributed by atoms with Crippen molar-refractivity contribution in [3.8, 4) is 0 Å². The molecule has 1 aromatic carbocycles. The molecule has 0 unspecified atom stereocenters. The number of nitrogens with two attached hydrogens (primary N) is 1. The van der Waals surface area contributed by atoms with Crippen molar-refractivity contribution < 1.29 is 4.42 Å². The van der Waals surface area contributed by atoms with E-state index < -0.39 is 0 Å². The van der Waals surface area contributed by atoms with Gasteiger partial charge in [-0.25, -0.2) is 4.98 Å². The zero-order valence-electron chi connectivity index (χ0n) is 7.96. The highest BCUT2D eigenvalue weighted by Gasteiger charge is 2.11. The van der Waals surface area contributed by atoms with Crippen molar-refractivity contribution in [2.24, 2.45) is 5.73 Å². The van der Waals surface area contributed by atoms with Gasteiger partial charge in [0.15, 0.2) is 11.5 Å². The molecular weight excluding hydrogens is 235 g/mol. The lowest BCUT2D eigenvalue weighted by Gasteiger charge is -1.91. The van der Waals surface area contributed by atoms with Gasteiger partial charge in [0, 0.05) is 6.42 Å². The quantitative estimate of drug-likeness (QED) is 0.904. The average molecular weight is 245 g/mol. The van der Waals surface area contributed by atoms with Crippen LogP contribution in [0, 0.1) is 0 Å². The lowest BCUT2D eigenvalue weighted by Crippen LogP contribution is -2.00. The van der Waals surface area contributed by atoms with Crippen LogP contribution >= 0.6 is 23.2 Å². The number of halogens is 2. The Kier molecular flexibility index (Phi) is 3.14. The van der Waals surface area contributed by atoms with Crippen molar-refractivity contribution in [3.05, 3.63) is 28.1 Å². The van der Waals surface area contributed by atoms with Crippen LogP contribution in [0.15, 0.2) is 16.5 Å². The molecular formula is C10H10Cl2N2O. The second-order valence-corrected chi connectivity index (χ2v) is 4.02. The summed E-state index contributed by atoms with van der Waals surface area (Å²) in [4.78, 5) is 4.27. The summed E-state index contributed by atoms with van der Waals surface area (Å²) in [7, 11) is 0. The second-order valence-electron chi connectivity index (χ2n) is 3.21. The molecule has 15 heavy (non-hydrogen) atoms. The van der Waals surface area contributed by atoms with Crippen LogP contribution in [0.4, 0.5) is 0 Å². The first-order valence-electron chi connectivity index (χ1n) is 4.66. The van der Waals surface area contributed by atoms with E-state index in [0.29, 0.717) is 40.0 Å². The van der Waals surface area contributed by atoms with Gasteiger partial charge in [0.1, 0.15) is 5.52 Å². The van der Waals surface area contributed by atoms with Gasteiger partial charge in [0.2, 0.25) is 0 Å². The number of aryl methyl sites for hydroxylation is 1. The molecule has 0 spiro atoms. The number of hydrogen-bond acceptors (Lipinski definition) is 3. The van der Waals surface area contributed by atoms with Gasteiger partial charge in [-0.05, 0) is 25.1 Å². The Morgan fingerprint density at radius 1 is 1.27 bits per heavy atom. The molecule has 1 aromatic heterocycles. The lowest BCUT2D eigenvalue weighted by molar-refractivity contribution is 0.521. The average Bonchev–Trinajstić information content (AvgIpc) is 2.66. The third-order valence-corrected chi connectivity index (χ3v) is 2.69. The molecule has 0 radical (unpaired) electrons. The molecule has 0 atom stereocenters. The van der Waals surface area contributed by atoms with Crippen LogP contribution in [0.1, 0.15) is 12.3 Å². The van der Waals surface area contributed by atoms with Gasteiger partial charge in [-0.1, -0.05) is 23.2 Å². The number of fused-ring (bicyclic) bond motifs is 1. The lowest BCUT2D eigenvalue weighted by atomic mass is 10.3. The predicted octanol–water partition coefficient (Wildman–Crippen LogP) is 3.03. The second kappa shape index (κ2) is 4.39. The molecule has 0 aliphatic carbocycles. The molecule has 0 bridgehead atoms. The van der Waals surface area contributed by atoms with E-state index in [9.17, 15) is 0 Å². The van der Waals surface area contributed by atoms with Gasteiger partial charge in [-0.3, -0.25) is 0 Å². The van der Waals surface area contributed by atoms with Crippen LogP contribution in [0.3, 0.4) is 0 Å². The number of oxazole rings is 1. The van der Waals surface area contributed by atoms with Crippen molar-refractivity contribution in [2.45, 2.75) is 12.8 Å². The molecule has 2 rings (SSSR count). The Morgan fingerprint density at radius 2 is 2.00 bits per heavy atom. The molecule has 0 aliphatic heterocycles. The molecule has 2 N–H and O–H groups in total. The van der Waals surface area contributed by atoms with Crippen LogP contribution < -0.4 is 5.73 Å². The molecule has 0 saturated heterocycles. The molecule has 2 aromatic rings. The normalized spacial score (nSPS) is 11.1. The summed E-state index contributed by atoms with van der Waals surface area (Å²) in [6.07, 6.45) is 1.54. The third-order valence-electron chi connectivity index (χ3n) is 2.09. The van der Waals surface area contributed by atoms with E-state index in [1.807, 2.05) is 0 Å². The van der Waals surface area contributed by atoms with Crippen LogP contribution in [0.2, 0.25) is 10.0 Å². The minimum Gasteiger partial charge on any atom is -0.439 e. The zero-order valence-corrected chi connectivity index (χ0v) is 9.48. The number of benzene rings is 1. The molecule has 3 nitrogen and oxygen atoms in total. The standard InChI is InChI=1S/C10H10Cl2N2O/c11-6-3-4-7(12)10-9(6)14-8(15-10)2-1-5-13/h3-4H,1-2,5,13H2. The van der Waals surface area contributed by atoms with E-state index >= 15 is 0 Å². The van der Waals surface area contributed by atoms with Crippen LogP contribution in [-0.4, -0.2) is 11.5 Å². The van der Waals surface area contributed by atoms with E-state index in [0.717, 1.165) is 6.42 Å². The first-order valence-corrected chi connectivity index (χ1v) is 5.41. The van der Waals surface area contributed by atoms with Crippen molar-refractivity contribution in [1.29, 1.82) is 0 Å². The third kappa shape index (κ3) is 2.09. The molecule has 0 amide bonds. The van der Waals surface area contributed by atoms with E-state index in [1.54, 1.807) is 12.1 Å². The summed E-state index contributed by atoms with van der Waals surface area (Å²) in [5.74, 6) is 0.630. The number of aromatic nitrogens is 1. The Labute approximate surface area is 97.2 Å². The van der Waals surface area contributed by atoms with Crippen molar-refractivity contribution >= 4 is 34.3 Å². The Bertz CT molecular complexity index is 442. The fraction of sp³-hybridized carbons (Fsp3) is 0.300. The van der Waals surface area contributed by atoms with Gasteiger partial charge in [-0.2, -0.15) is 0 Å². The predicted molar refractivity (Wildman–Crippen MR) is 61.4 cm³/mol. The van der Waals surface area contributed by atoms with Crippen molar-refractivity contribution in [1.82, 2.24) is 4.98 Å². The van der Waals surface area contributed by atoms with Crippen molar-refractivity contribution in [3.63, 3.8) is 0 Å². The summed E-state index contributed by atoms with van der Waals surface area (Å²) in [5, 5.41) is 1.08. The van der Waals surface area contributed by atoms with Crippen LogP contribution in [0.5, 0.6) is 0 Å². The SMILES string of the molecule is NCCCc1nc2c(Cl)ccc(Cl)c2o1. The van der Waals surface area contributed by atoms with E-state index in [-0.39, 0.29) is 0 Å². The van der Waals surface area contributed by atoms with Gasteiger partial charge in [0.25, 0.3) is 0 Å². The summed E-state index contributed by atoms with van der Waals surface area (Å²) < 4.78 is 5.50. The van der Waals surface area contributed by atoms with Gasteiger partial charge in [0.05, 0.1) is 10.0 Å². The van der Waals surface area contributed by atoms with Gasteiger partial charge >= 0.3 is 0 Å². The fourth-order valence-electron chi connectivity index (χ4n) is 1.35. The van der Waals surface area contributed by atoms with Gasteiger partial charge < -0.3 is 10.2 Å². The molecule has 0 saturated carbocycles. The summed E-state index contributed by atoms with van der Waals surface area (Å²) >= 11 is 11.9. The molecule has 80 valence electrons. The highest BCUT2D eigenvalue weighted by molar-refractivity contribution is 6.39. The Hall–Kier alpha value is -0.770. The summed E-state index contributed by atoms with van der Waals surface area (Å²) in [6.45, 7) is 0.611. The van der Waals surface area contributed by atoms with E-state index in [1.165, 1.54) is 0 Å². The Balaban J connectivity index is 2.45. The minimum absolute atomic E-state index is 0.529. The summed E-state index contributed by atoms with van der Waals surface area (Å²) in [6, 6.07) is 3.41. The maximum Gasteiger partial charge on any atom is 0.195 e. The van der Waals surface area contributed by atoms with Crippen LogP contribution in [-0.2, 0) is 6.42 Å². The highest BCUT2D eigenvalue weighted by atomic mass is 35.5. The molecule has 0 aliphatic rings. The number of rotatable bonds is 3. The molecule has 0 fully saturated rings. The van der Waals surface area contributed by atoms with E-state index in [2.05, 4.69) is 4.98 Å². The van der Waals surface area contributed by atoms with Crippen molar-refractivity contribution in [2.75, 3.05) is 6.54 Å². The van der Waals surface area contributed by atoms with E-state index in [4.69, 9.17) is 33.4 Å². The maximum atomic E-state index is 5.97. The zero-order chi connectivity index (χ0) is 10.8. The fourth-order valence-corrected chi connectivity index (χ4v) is 1.73.